The summed E-state index contributed by atoms with van der Waals surface area (Å²) in [6, 6.07) is 8.36. The van der Waals surface area contributed by atoms with Crippen molar-refractivity contribution >= 4 is 15.9 Å². The number of hydrogen-bond donors (Lipinski definition) is 2. The summed E-state index contributed by atoms with van der Waals surface area (Å²) in [4.78, 5) is 0. The Morgan fingerprint density at radius 1 is 1.38 bits per heavy atom. The Bertz CT molecular complexity index is 325. The molecule has 90 valence electrons. The van der Waals surface area contributed by atoms with Gasteiger partial charge in [-0.3, -0.25) is 0 Å². The first-order chi connectivity index (χ1) is 7.53. The minimum atomic E-state index is 0.0146. The highest BCUT2D eigenvalue weighted by Crippen LogP contribution is 2.12. The Morgan fingerprint density at radius 2 is 2.12 bits per heavy atom. The molecule has 0 fully saturated rings. The van der Waals surface area contributed by atoms with Crippen molar-refractivity contribution in [3.63, 3.8) is 0 Å². The molecule has 1 aromatic carbocycles. The predicted octanol–water partition coefficient (Wildman–Crippen LogP) is 2.74. The van der Waals surface area contributed by atoms with Crippen molar-refractivity contribution in [3.05, 3.63) is 34.3 Å². The SMILES string of the molecule is CC(C)(CCO)NCCc1cccc(Br)c1. The van der Waals surface area contributed by atoms with Crippen LogP contribution < -0.4 is 5.32 Å². The maximum Gasteiger partial charge on any atom is 0.0448 e. The third-order valence-electron chi connectivity index (χ3n) is 2.64. The van der Waals surface area contributed by atoms with Crippen molar-refractivity contribution < 1.29 is 5.11 Å². The molecule has 1 rings (SSSR count). The van der Waals surface area contributed by atoms with E-state index in [0.717, 1.165) is 23.9 Å². The molecule has 0 saturated carbocycles. The van der Waals surface area contributed by atoms with Crippen molar-refractivity contribution in [3.8, 4) is 0 Å². The number of benzene rings is 1. The van der Waals surface area contributed by atoms with Crippen LogP contribution in [0.2, 0.25) is 0 Å². The van der Waals surface area contributed by atoms with Gasteiger partial charge in [0.2, 0.25) is 0 Å². The highest BCUT2D eigenvalue weighted by atomic mass is 79.9. The van der Waals surface area contributed by atoms with Gasteiger partial charge in [0.15, 0.2) is 0 Å². The highest BCUT2D eigenvalue weighted by Gasteiger charge is 2.15. The van der Waals surface area contributed by atoms with E-state index in [0.29, 0.717) is 0 Å². The molecule has 0 amide bonds. The van der Waals surface area contributed by atoms with Crippen LogP contribution in [-0.4, -0.2) is 23.8 Å². The topological polar surface area (TPSA) is 32.3 Å². The van der Waals surface area contributed by atoms with Crippen LogP contribution in [0.3, 0.4) is 0 Å². The second-order valence-electron chi connectivity index (χ2n) is 4.66. The van der Waals surface area contributed by atoms with Gasteiger partial charge in [-0.2, -0.15) is 0 Å². The molecule has 0 atom stereocenters. The summed E-state index contributed by atoms with van der Waals surface area (Å²) >= 11 is 3.46. The van der Waals surface area contributed by atoms with E-state index in [-0.39, 0.29) is 12.1 Å². The molecule has 0 aliphatic heterocycles. The first-order valence-corrected chi connectivity index (χ1v) is 6.43. The van der Waals surface area contributed by atoms with E-state index in [1.54, 1.807) is 0 Å². The van der Waals surface area contributed by atoms with Crippen LogP contribution in [-0.2, 0) is 6.42 Å². The average Bonchev–Trinajstić information content (AvgIpc) is 2.17. The molecular formula is C13H20BrNO. The lowest BCUT2D eigenvalue weighted by Crippen LogP contribution is -2.41. The van der Waals surface area contributed by atoms with Gasteiger partial charge >= 0.3 is 0 Å². The van der Waals surface area contributed by atoms with E-state index in [2.05, 4.69) is 53.3 Å². The van der Waals surface area contributed by atoms with Crippen molar-refractivity contribution in [1.29, 1.82) is 0 Å². The van der Waals surface area contributed by atoms with Gasteiger partial charge < -0.3 is 10.4 Å². The molecule has 3 heteroatoms. The molecule has 0 aliphatic carbocycles. The van der Waals surface area contributed by atoms with Crippen molar-refractivity contribution in [1.82, 2.24) is 5.32 Å². The molecule has 1 aromatic rings. The molecule has 0 bridgehead atoms. The highest BCUT2D eigenvalue weighted by molar-refractivity contribution is 9.10. The van der Waals surface area contributed by atoms with Crippen molar-refractivity contribution in [2.24, 2.45) is 0 Å². The van der Waals surface area contributed by atoms with Crippen LogP contribution in [0, 0.1) is 0 Å². The summed E-state index contributed by atoms with van der Waals surface area (Å²) in [5, 5.41) is 12.4. The Hall–Kier alpha value is -0.380. The molecule has 0 aliphatic rings. The average molecular weight is 286 g/mol. The largest absolute Gasteiger partial charge is 0.396 e. The number of nitrogens with one attached hydrogen (secondary N) is 1. The fourth-order valence-corrected chi connectivity index (χ4v) is 2.05. The maximum absolute atomic E-state index is 8.91. The summed E-state index contributed by atoms with van der Waals surface area (Å²) in [5.41, 5.74) is 1.34. The molecule has 0 heterocycles. The van der Waals surface area contributed by atoms with Crippen molar-refractivity contribution in [2.75, 3.05) is 13.2 Å². The maximum atomic E-state index is 8.91. The van der Waals surface area contributed by atoms with E-state index < -0.39 is 0 Å². The number of rotatable bonds is 6. The Balaban J connectivity index is 2.35. The van der Waals surface area contributed by atoms with E-state index in [4.69, 9.17) is 5.11 Å². The van der Waals surface area contributed by atoms with E-state index in [1.807, 2.05) is 6.07 Å². The number of halogens is 1. The zero-order valence-electron chi connectivity index (χ0n) is 9.96. The quantitative estimate of drug-likeness (QED) is 0.842. The van der Waals surface area contributed by atoms with Gasteiger partial charge in [0.25, 0.3) is 0 Å². The lowest BCUT2D eigenvalue weighted by atomic mass is 10.0. The summed E-state index contributed by atoms with van der Waals surface area (Å²) < 4.78 is 1.12. The van der Waals surface area contributed by atoms with Crippen molar-refractivity contribution in [2.45, 2.75) is 32.2 Å². The van der Waals surface area contributed by atoms with E-state index in [1.165, 1.54) is 5.56 Å². The second kappa shape index (κ2) is 6.38. The molecule has 0 radical (unpaired) electrons. The molecular weight excluding hydrogens is 266 g/mol. The van der Waals surface area contributed by atoms with Crippen LogP contribution in [0.5, 0.6) is 0 Å². The standard InChI is InChI=1S/C13H20BrNO/c1-13(2,7-9-16)15-8-6-11-4-3-5-12(14)10-11/h3-5,10,15-16H,6-9H2,1-2H3. The molecule has 16 heavy (non-hydrogen) atoms. The Morgan fingerprint density at radius 3 is 2.75 bits per heavy atom. The van der Waals surface area contributed by atoms with Gasteiger partial charge in [0.05, 0.1) is 0 Å². The Kier molecular flexibility index (Phi) is 5.46. The number of aliphatic hydroxyl groups is 1. The van der Waals surface area contributed by atoms with E-state index in [9.17, 15) is 0 Å². The second-order valence-corrected chi connectivity index (χ2v) is 5.58. The van der Waals surface area contributed by atoms with Crippen LogP contribution in [0.25, 0.3) is 0 Å². The zero-order chi connectivity index (χ0) is 12.0. The summed E-state index contributed by atoms with van der Waals surface area (Å²) in [6.07, 6.45) is 1.79. The van der Waals surface area contributed by atoms with Gasteiger partial charge in [0.1, 0.15) is 0 Å². The molecule has 2 N–H and O–H groups in total. The molecule has 0 saturated heterocycles. The van der Waals surface area contributed by atoms with Gasteiger partial charge in [-0.15, -0.1) is 0 Å². The normalized spacial score (nSPS) is 11.8. The lowest BCUT2D eigenvalue weighted by molar-refractivity contribution is 0.231. The third-order valence-corrected chi connectivity index (χ3v) is 3.14. The summed E-state index contributed by atoms with van der Waals surface area (Å²) in [6.45, 7) is 5.40. The summed E-state index contributed by atoms with van der Waals surface area (Å²) in [5.74, 6) is 0. The Labute approximate surface area is 106 Å². The third kappa shape index (κ3) is 5.10. The van der Waals surface area contributed by atoms with Crippen LogP contribution in [0.15, 0.2) is 28.7 Å². The first-order valence-electron chi connectivity index (χ1n) is 5.64. The number of hydrogen-bond acceptors (Lipinski definition) is 2. The fraction of sp³-hybridized carbons (Fsp3) is 0.538. The lowest BCUT2D eigenvalue weighted by Gasteiger charge is -2.25. The molecule has 2 nitrogen and oxygen atoms in total. The smallest absolute Gasteiger partial charge is 0.0448 e. The minimum absolute atomic E-state index is 0.0146. The molecule has 0 unspecified atom stereocenters. The fourth-order valence-electron chi connectivity index (χ4n) is 1.61. The van der Waals surface area contributed by atoms with E-state index >= 15 is 0 Å². The van der Waals surface area contributed by atoms with Crippen LogP contribution >= 0.6 is 15.9 Å². The first kappa shape index (κ1) is 13.7. The minimum Gasteiger partial charge on any atom is -0.396 e. The van der Waals surface area contributed by atoms with Gasteiger partial charge in [-0.05, 0) is 50.9 Å². The zero-order valence-corrected chi connectivity index (χ0v) is 11.5. The predicted molar refractivity (Wildman–Crippen MR) is 71.6 cm³/mol. The van der Waals surface area contributed by atoms with Crippen LogP contribution in [0.4, 0.5) is 0 Å². The van der Waals surface area contributed by atoms with Crippen LogP contribution in [0.1, 0.15) is 25.8 Å². The monoisotopic (exact) mass is 285 g/mol. The van der Waals surface area contributed by atoms with Gasteiger partial charge in [0, 0.05) is 16.6 Å². The molecule has 0 spiro atoms. The molecule has 0 aromatic heterocycles. The van der Waals surface area contributed by atoms with Gasteiger partial charge in [-0.25, -0.2) is 0 Å². The number of aliphatic hydroxyl groups excluding tert-OH is 1. The van der Waals surface area contributed by atoms with Gasteiger partial charge in [-0.1, -0.05) is 28.1 Å². The summed E-state index contributed by atoms with van der Waals surface area (Å²) in [7, 11) is 0.